The number of ether oxygens (including phenoxy) is 1. The molecule has 4 rings (SSSR count). The second kappa shape index (κ2) is 6.00. The number of hydrogen-bond acceptors (Lipinski definition) is 5. The number of rotatable bonds is 4. The van der Waals surface area contributed by atoms with E-state index in [0.29, 0.717) is 5.76 Å². The highest BCUT2D eigenvalue weighted by Crippen LogP contribution is 2.19. The van der Waals surface area contributed by atoms with Crippen LogP contribution >= 0.6 is 0 Å². The molecule has 2 aromatic carbocycles. The van der Waals surface area contributed by atoms with Crippen molar-refractivity contribution in [2.75, 3.05) is 0 Å². The van der Waals surface area contributed by atoms with E-state index in [-0.39, 0.29) is 12.3 Å². The quantitative estimate of drug-likeness (QED) is 0.539. The lowest BCUT2D eigenvalue weighted by Gasteiger charge is -2.00. The Labute approximate surface area is 137 Å². The molecule has 0 N–H and O–H groups in total. The summed E-state index contributed by atoms with van der Waals surface area (Å²) in [6, 6.07) is 18.8. The van der Waals surface area contributed by atoms with Crippen molar-refractivity contribution in [3.05, 3.63) is 78.3 Å². The highest BCUT2D eigenvalue weighted by atomic mass is 16.5. The Morgan fingerprint density at radius 2 is 1.88 bits per heavy atom. The monoisotopic (exact) mass is 319 g/mol. The first kappa shape index (κ1) is 14.2. The molecule has 0 aliphatic carbocycles. The van der Waals surface area contributed by atoms with E-state index in [4.69, 9.17) is 9.15 Å². The summed E-state index contributed by atoms with van der Waals surface area (Å²) in [6.45, 7) is 0.0473. The van der Waals surface area contributed by atoms with Crippen LogP contribution in [0.4, 0.5) is 0 Å². The van der Waals surface area contributed by atoms with Crippen molar-refractivity contribution in [3.8, 4) is 5.69 Å². The number of hydrogen-bond donors (Lipinski definition) is 0. The number of fused-ring (bicyclic) bond motifs is 1. The SMILES string of the molecule is O=C(OCc1cc2ccccc2o1)c1cnn(-c2ccccc2)n1. The van der Waals surface area contributed by atoms with Gasteiger partial charge in [0, 0.05) is 5.39 Å². The van der Waals surface area contributed by atoms with E-state index < -0.39 is 5.97 Å². The fraction of sp³-hybridized carbons (Fsp3) is 0.0556. The smallest absolute Gasteiger partial charge is 0.361 e. The summed E-state index contributed by atoms with van der Waals surface area (Å²) in [5.41, 5.74) is 1.68. The maximum atomic E-state index is 12.1. The van der Waals surface area contributed by atoms with Gasteiger partial charge in [-0.05, 0) is 24.3 Å². The highest BCUT2D eigenvalue weighted by molar-refractivity contribution is 5.86. The molecule has 118 valence electrons. The lowest BCUT2D eigenvalue weighted by molar-refractivity contribution is 0.0440. The Kier molecular flexibility index (Phi) is 3.55. The zero-order chi connectivity index (χ0) is 16.4. The fourth-order valence-electron chi connectivity index (χ4n) is 2.36. The van der Waals surface area contributed by atoms with Gasteiger partial charge in [-0.2, -0.15) is 9.90 Å². The summed E-state index contributed by atoms with van der Waals surface area (Å²) in [6.07, 6.45) is 1.38. The molecule has 0 spiro atoms. The molecule has 0 aliphatic heterocycles. The average molecular weight is 319 g/mol. The van der Waals surface area contributed by atoms with Gasteiger partial charge in [-0.3, -0.25) is 0 Å². The van der Waals surface area contributed by atoms with Crippen molar-refractivity contribution in [1.82, 2.24) is 15.0 Å². The molecular formula is C18H13N3O3. The number of carbonyl (C=O) groups excluding carboxylic acids is 1. The van der Waals surface area contributed by atoms with Gasteiger partial charge >= 0.3 is 5.97 Å². The molecule has 4 aromatic rings. The normalized spacial score (nSPS) is 10.8. The van der Waals surface area contributed by atoms with Gasteiger partial charge in [0.25, 0.3) is 0 Å². The van der Waals surface area contributed by atoms with Crippen molar-refractivity contribution in [3.63, 3.8) is 0 Å². The molecule has 0 saturated carbocycles. The molecule has 0 atom stereocenters. The van der Waals surface area contributed by atoms with E-state index in [1.165, 1.54) is 11.0 Å². The Morgan fingerprint density at radius 1 is 1.08 bits per heavy atom. The Morgan fingerprint density at radius 3 is 2.71 bits per heavy atom. The summed E-state index contributed by atoms with van der Waals surface area (Å²) < 4.78 is 10.9. The number of aromatic nitrogens is 3. The third-order valence-corrected chi connectivity index (χ3v) is 3.51. The molecule has 6 heteroatoms. The lowest BCUT2D eigenvalue weighted by atomic mass is 10.2. The summed E-state index contributed by atoms with van der Waals surface area (Å²) in [7, 11) is 0. The molecule has 0 fully saturated rings. The zero-order valence-corrected chi connectivity index (χ0v) is 12.6. The van der Waals surface area contributed by atoms with Crippen molar-refractivity contribution in [2.24, 2.45) is 0 Å². The summed E-state index contributed by atoms with van der Waals surface area (Å²) in [4.78, 5) is 13.5. The van der Waals surface area contributed by atoms with Gasteiger partial charge in [-0.1, -0.05) is 36.4 Å². The summed E-state index contributed by atoms with van der Waals surface area (Å²) >= 11 is 0. The summed E-state index contributed by atoms with van der Waals surface area (Å²) in [5, 5.41) is 9.19. The van der Waals surface area contributed by atoms with Crippen LogP contribution in [0.1, 0.15) is 16.2 Å². The van der Waals surface area contributed by atoms with Gasteiger partial charge in [0.15, 0.2) is 5.69 Å². The fourth-order valence-corrected chi connectivity index (χ4v) is 2.36. The minimum Gasteiger partial charge on any atom is -0.457 e. The zero-order valence-electron chi connectivity index (χ0n) is 12.6. The van der Waals surface area contributed by atoms with Gasteiger partial charge in [-0.15, -0.1) is 5.10 Å². The maximum absolute atomic E-state index is 12.1. The van der Waals surface area contributed by atoms with Crippen molar-refractivity contribution in [2.45, 2.75) is 6.61 Å². The lowest BCUT2D eigenvalue weighted by Crippen LogP contribution is -2.07. The molecule has 24 heavy (non-hydrogen) atoms. The van der Waals surface area contributed by atoms with Gasteiger partial charge in [0.1, 0.15) is 18.0 Å². The predicted octanol–water partition coefficient (Wildman–Crippen LogP) is 3.37. The third kappa shape index (κ3) is 2.77. The molecule has 0 bridgehead atoms. The number of carbonyl (C=O) groups is 1. The first-order valence-electron chi connectivity index (χ1n) is 7.42. The van der Waals surface area contributed by atoms with Crippen LogP contribution in [0.25, 0.3) is 16.7 Å². The molecular weight excluding hydrogens is 306 g/mol. The molecule has 0 radical (unpaired) electrons. The molecule has 0 aliphatic rings. The number of esters is 1. The Hall–Kier alpha value is -3.41. The van der Waals surface area contributed by atoms with Crippen LogP contribution < -0.4 is 0 Å². The summed E-state index contributed by atoms with van der Waals surface area (Å²) in [5.74, 6) is 0.0395. The average Bonchev–Trinajstić information content (AvgIpc) is 3.27. The number of benzene rings is 2. The first-order chi connectivity index (χ1) is 11.8. The van der Waals surface area contributed by atoms with Crippen LogP contribution in [0.3, 0.4) is 0 Å². The molecule has 2 aromatic heterocycles. The van der Waals surface area contributed by atoms with Crippen molar-refractivity contribution < 1.29 is 13.9 Å². The van der Waals surface area contributed by atoms with E-state index in [2.05, 4.69) is 10.2 Å². The van der Waals surface area contributed by atoms with E-state index in [9.17, 15) is 4.79 Å². The predicted molar refractivity (Wildman–Crippen MR) is 86.7 cm³/mol. The maximum Gasteiger partial charge on any atom is 0.361 e. The van der Waals surface area contributed by atoms with Crippen molar-refractivity contribution in [1.29, 1.82) is 0 Å². The second-order valence-corrected chi connectivity index (χ2v) is 5.18. The van der Waals surface area contributed by atoms with E-state index in [1.54, 1.807) is 0 Å². The van der Waals surface area contributed by atoms with Crippen LogP contribution in [0.5, 0.6) is 0 Å². The molecule has 0 amide bonds. The van der Waals surface area contributed by atoms with Crippen LogP contribution in [0.2, 0.25) is 0 Å². The van der Waals surface area contributed by atoms with Gasteiger partial charge in [-0.25, -0.2) is 4.79 Å². The van der Waals surface area contributed by atoms with Crippen molar-refractivity contribution >= 4 is 16.9 Å². The molecule has 6 nitrogen and oxygen atoms in total. The largest absolute Gasteiger partial charge is 0.457 e. The second-order valence-electron chi connectivity index (χ2n) is 5.18. The Bertz CT molecular complexity index is 956. The topological polar surface area (TPSA) is 70.2 Å². The van der Waals surface area contributed by atoms with Crippen LogP contribution in [0.15, 0.2) is 71.3 Å². The van der Waals surface area contributed by atoms with E-state index >= 15 is 0 Å². The van der Waals surface area contributed by atoms with E-state index in [0.717, 1.165) is 16.7 Å². The standard InChI is InChI=1S/C18H13N3O3/c22-18(16-11-19-21(20-16)14-7-2-1-3-8-14)23-12-15-10-13-6-4-5-9-17(13)24-15/h1-11H,12H2. The van der Waals surface area contributed by atoms with E-state index in [1.807, 2.05) is 60.7 Å². The van der Waals surface area contributed by atoms with Gasteiger partial charge < -0.3 is 9.15 Å². The minimum atomic E-state index is -0.544. The van der Waals surface area contributed by atoms with Crippen LogP contribution in [0, 0.1) is 0 Å². The molecule has 0 saturated heterocycles. The van der Waals surface area contributed by atoms with Crippen LogP contribution in [-0.4, -0.2) is 21.0 Å². The first-order valence-corrected chi connectivity index (χ1v) is 7.42. The number of nitrogens with zero attached hydrogens (tertiary/aromatic N) is 3. The molecule has 0 unspecified atom stereocenters. The minimum absolute atomic E-state index is 0.0473. The van der Waals surface area contributed by atoms with Crippen LogP contribution in [-0.2, 0) is 11.3 Å². The highest BCUT2D eigenvalue weighted by Gasteiger charge is 2.14. The number of furan rings is 1. The number of para-hydroxylation sites is 2. The molecule has 2 heterocycles. The van der Waals surface area contributed by atoms with Gasteiger partial charge in [0.05, 0.1) is 11.9 Å². The van der Waals surface area contributed by atoms with Gasteiger partial charge in [0.2, 0.25) is 0 Å². The third-order valence-electron chi connectivity index (χ3n) is 3.51. The Balaban J connectivity index is 1.45.